The fraction of sp³-hybridized carbons (Fsp3) is 0.474. The minimum absolute atomic E-state index is 0.171. The lowest BCUT2D eigenvalue weighted by atomic mass is 10.1. The number of aryl methyl sites for hydroxylation is 1. The van der Waals surface area contributed by atoms with E-state index in [1.54, 1.807) is 14.2 Å². The Morgan fingerprint density at radius 3 is 1.87 bits per heavy atom. The number of likely N-dealkylation sites (tertiary alicyclic amines) is 1. The van der Waals surface area contributed by atoms with Crippen LogP contribution in [-0.4, -0.2) is 89.9 Å². The lowest BCUT2D eigenvalue weighted by Gasteiger charge is -2.19. The van der Waals surface area contributed by atoms with Gasteiger partial charge in [-0.05, 0) is 104 Å². The minimum Gasteiger partial charge on any atom is -0.492 e. The van der Waals surface area contributed by atoms with Gasteiger partial charge in [0.15, 0.2) is 13.6 Å². The summed E-state index contributed by atoms with van der Waals surface area (Å²) in [5.41, 5.74) is 5.76. The SMILES string of the molecule is COCCOCOc1ccc(-c2c(C)c3cc(OCOCCOC)ccc3n2Cc2ccc(OCCN3CCCCCC3)cc2)cc1. The molecule has 47 heavy (non-hydrogen) atoms. The van der Waals surface area contributed by atoms with Gasteiger partial charge in [0, 0.05) is 38.2 Å². The van der Waals surface area contributed by atoms with Crippen LogP contribution in [0.1, 0.15) is 36.8 Å². The van der Waals surface area contributed by atoms with E-state index in [-0.39, 0.29) is 13.6 Å². The van der Waals surface area contributed by atoms with Gasteiger partial charge >= 0.3 is 0 Å². The summed E-state index contributed by atoms with van der Waals surface area (Å²) in [6.07, 6.45) is 5.29. The predicted molar refractivity (Wildman–Crippen MR) is 185 cm³/mol. The van der Waals surface area contributed by atoms with Gasteiger partial charge in [-0.25, -0.2) is 0 Å². The number of rotatable bonds is 19. The Morgan fingerprint density at radius 1 is 0.617 bits per heavy atom. The van der Waals surface area contributed by atoms with Crippen LogP contribution in [0, 0.1) is 6.92 Å². The van der Waals surface area contributed by atoms with Crippen molar-refractivity contribution in [1.29, 1.82) is 0 Å². The van der Waals surface area contributed by atoms with Gasteiger partial charge in [-0.2, -0.15) is 0 Å². The smallest absolute Gasteiger partial charge is 0.189 e. The molecule has 0 unspecified atom stereocenters. The normalized spacial score (nSPS) is 13.9. The molecule has 1 aliphatic rings. The molecule has 0 amide bonds. The van der Waals surface area contributed by atoms with E-state index < -0.39 is 0 Å². The highest BCUT2D eigenvalue weighted by atomic mass is 16.7. The molecule has 0 spiro atoms. The van der Waals surface area contributed by atoms with Crippen molar-refractivity contribution >= 4 is 10.9 Å². The third-order valence-electron chi connectivity index (χ3n) is 8.54. The summed E-state index contributed by atoms with van der Waals surface area (Å²) in [7, 11) is 3.31. The first-order valence-electron chi connectivity index (χ1n) is 16.7. The molecule has 0 N–H and O–H groups in total. The van der Waals surface area contributed by atoms with E-state index in [1.165, 1.54) is 49.9 Å². The van der Waals surface area contributed by atoms with Crippen molar-refractivity contribution in [2.75, 3.05) is 80.5 Å². The van der Waals surface area contributed by atoms with E-state index in [1.807, 2.05) is 18.2 Å². The summed E-state index contributed by atoms with van der Waals surface area (Å²) in [6.45, 7) is 9.33. The standard InChI is InChI=1S/C38H50N2O7/c1-30-36-26-35(47-29-44-25-23-42-3)16-17-37(36)40(38(30)32-10-14-34(15-11-32)46-28-43-24-22-41-2)27-31-8-12-33(13-9-31)45-21-20-39-18-6-4-5-7-19-39/h8-17,26H,4-7,18-25,27-29H2,1-3H3. The maximum atomic E-state index is 6.14. The molecular weight excluding hydrogens is 596 g/mol. The highest BCUT2D eigenvalue weighted by molar-refractivity contribution is 5.92. The van der Waals surface area contributed by atoms with Gasteiger partial charge < -0.3 is 37.7 Å². The molecule has 2 heterocycles. The van der Waals surface area contributed by atoms with Crippen LogP contribution in [0.2, 0.25) is 0 Å². The number of fused-ring (bicyclic) bond motifs is 1. The molecular formula is C38H50N2O7. The van der Waals surface area contributed by atoms with Crippen molar-refractivity contribution < 1.29 is 33.2 Å². The highest BCUT2D eigenvalue weighted by Gasteiger charge is 2.18. The summed E-state index contributed by atoms with van der Waals surface area (Å²) < 4.78 is 41.3. The van der Waals surface area contributed by atoms with Gasteiger partial charge in [-0.3, -0.25) is 4.90 Å². The van der Waals surface area contributed by atoms with Crippen molar-refractivity contribution in [3.63, 3.8) is 0 Å². The summed E-state index contributed by atoms with van der Waals surface area (Å²) in [6, 6.07) is 22.9. The van der Waals surface area contributed by atoms with Crippen LogP contribution in [0.15, 0.2) is 66.7 Å². The van der Waals surface area contributed by atoms with Gasteiger partial charge in [-0.1, -0.05) is 25.0 Å². The van der Waals surface area contributed by atoms with Crippen LogP contribution in [0.25, 0.3) is 22.2 Å². The van der Waals surface area contributed by atoms with Gasteiger partial charge in [0.25, 0.3) is 0 Å². The molecule has 1 saturated heterocycles. The molecule has 3 aromatic carbocycles. The number of nitrogens with zero attached hydrogens (tertiary/aromatic N) is 2. The predicted octanol–water partition coefficient (Wildman–Crippen LogP) is 6.92. The van der Waals surface area contributed by atoms with Gasteiger partial charge in [0.05, 0.1) is 32.1 Å². The topological polar surface area (TPSA) is 72.8 Å². The zero-order valence-electron chi connectivity index (χ0n) is 28.2. The van der Waals surface area contributed by atoms with Crippen LogP contribution < -0.4 is 14.2 Å². The van der Waals surface area contributed by atoms with Crippen LogP contribution in [0.4, 0.5) is 0 Å². The van der Waals surface area contributed by atoms with E-state index >= 15 is 0 Å². The molecule has 0 atom stereocenters. The van der Waals surface area contributed by atoms with Gasteiger partial charge in [0.1, 0.15) is 23.9 Å². The molecule has 4 aromatic rings. The number of methoxy groups -OCH3 is 2. The molecule has 0 radical (unpaired) electrons. The molecule has 1 fully saturated rings. The average Bonchev–Trinajstić information content (AvgIpc) is 3.22. The Kier molecular flexibility index (Phi) is 13.8. The maximum absolute atomic E-state index is 6.14. The first-order valence-corrected chi connectivity index (χ1v) is 16.7. The van der Waals surface area contributed by atoms with Crippen molar-refractivity contribution in [3.05, 3.63) is 77.9 Å². The quantitative estimate of drug-likeness (QED) is 0.0804. The monoisotopic (exact) mass is 646 g/mol. The second-order valence-electron chi connectivity index (χ2n) is 11.8. The van der Waals surface area contributed by atoms with Crippen molar-refractivity contribution in [1.82, 2.24) is 9.47 Å². The van der Waals surface area contributed by atoms with E-state index in [0.717, 1.165) is 46.0 Å². The second-order valence-corrected chi connectivity index (χ2v) is 11.8. The Bertz CT molecular complexity index is 1480. The number of hydrogen-bond donors (Lipinski definition) is 0. The third kappa shape index (κ3) is 10.2. The van der Waals surface area contributed by atoms with Crippen LogP contribution in [0.3, 0.4) is 0 Å². The number of benzene rings is 3. The Balaban J connectivity index is 1.32. The Hall–Kier alpha value is -3.60. The second kappa shape index (κ2) is 18.7. The molecule has 1 aliphatic heterocycles. The minimum atomic E-state index is 0.171. The molecule has 0 aliphatic carbocycles. The summed E-state index contributed by atoms with van der Waals surface area (Å²) >= 11 is 0. The van der Waals surface area contributed by atoms with E-state index in [4.69, 9.17) is 33.2 Å². The zero-order chi connectivity index (χ0) is 32.7. The molecule has 0 bridgehead atoms. The van der Waals surface area contributed by atoms with E-state index in [2.05, 4.69) is 64.9 Å². The van der Waals surface area contributed by atoms with E-state index in [0.29, 0.717) is 39.6 Å². The van der Waals surface area contributed by atoms with Crippen molar-refractivity contribution in [2.24, 2.45) is 0 Å². The molecule has 254 valence electrons. The van der Waals surface area contributed by atoms with Gasteiger partial charge in [0.2, 0.25) is 0 Å². The first-order chi connectivity index (χ1) is 23.2. The Labute approximate surface area is 279 Å². The molecule has 9 nitrogen and oxygen atoms in total. The number of ether oxygens (including phenoxy) is 7. The fourth-order valence-electron chi connectivity index (χ4n) is 5.98. The van der Waals surface area contributed by atoms with Crippen molar-refractivity contribution in [2.45, 2.75) is 39.2 Å². The summed E-state index contributed by atoms with van der Waals surface area (Å²) in [5, 5.41) is 1.13. The average molecular weight is 647 g/mol. The molecule has 5 rings (SSSR count). The van der Waals surface area contributed by atoms with Crippen LogP contribution >= 0.6 is 0 Å². The summed E-state index contributed by atoms with van der Waals surface area (Å²) in [5.74, 6) is 2.43. The molecule has 0 saturated carbocycles. The largest absolute Gasteiger partial charge is 0.492 e. The van der Waals surface area contributed by atoms with E-state index in [9.17, 15) is 0 Å². The Morgan fingerprint density at radius 2 is 1.21 bits per heavy atom. The molecule has 1 aromatic heterocycles. The number of hydrogen-bond acceptors (Lipinski definition) is 8. The zero-order valence-corrected chi connectivity index (χ0v) is 28.2. The first kappa shape index (κ1) is 34.7. The lowest BCUT2D eigenvalue weighted by molar-refractivity contribution is -0.00854. The molecule has 9 heteroatoms. The maximum Gasteiger partial charge on any atom is 0.189 e. The number of aromatic nitrogens is 1. The van der Waals surface area contributed by atoms with Gasteiger partial charge in [-0.15, -0.1) is 0 Å². The third-order valence-corrected chi connectivity index (χ3v) is 8.54. The van der Waals surface area contributed by atoms with Crippen LogP contribution in [0.5, 0.6) is 17.2 Å². The fourth-order valence-corrected chi connectivity index (χ4v) is 5.98. The van der Waals surface area contributed by atoms with Crippen LogP contribution in [-0.2, 0) is 25.5 Å². The highest BCUT2D eigenvalue weighted by Crippen LogP contribution is 2.36. The van der Waals surface area contributed by atoms with Crippen molar-refractivity contribution in [3.8, 4) is 28.5 Å². The summed E-state index contributed by atoms with van der Waals surface area (Å²) in [4.78, 5) is 2.53. The lowest BCUT2D eigenvalue weighted by Crippen LogP contribution is -2.29.